The standard InChI is InChI=1S/C24H22ClN5O4/c25-16-2-3-17(26-12-16)14-34-19-6-9-30(22(32)10-19)18-4-5-20(27-13-18)29-8-1-7-24(15-29)11-21(31)28-23(24)33/h2-6,9-10,12-13H,1,7-8,11,14-15H2,(H,28,31,33). The topological polar surface area (TPSA) is 106 Å². The number of nitrogens with one attached hydrogen (secondary N) is 1. The van der Waals surface area contributed by atoms with Gasteiger partial charge in [-0.2, -0.15) is 0 Å². The number of carbonyl (C=O) groups excluding carboxylic acids is 2. The van der Waals surface area contributed by atoms with Crippen LogP contribution in [0, 0.1) is 5.41 Å². The number of halogens is 1. The lowest BCUT2D eigenvalue weighted by molar-refractivity contribution is -0.128. The molecule has 1 atom stereocenters. The van der Waals surface area contributed by atoms with Crippen LogP contribution in [-0.4, -0.2) is 39.4 Å². The van der Waals surface area contributed by atoms with Gasteiger partial charge in [0.1, 0.15) is 18.2 Å². The van der Waals surface area contributed by atoms with Crippen molar-refractivity contribution in [3.05, 3.63) is 76.1 Å². The molecule has 9 nitrogen and oxygen atoms in total. The van der Waals surface area contributed by atoms with Crippen LogP contribution < -0.4 is 20.5 Å². The normalized spacial score (nSPS) is 20.0. The van der Waals surface area contributed by atoms with E-state index in [0.29, 0.717) is 40.9 Å². The van der Waals surface area contributed by atoms with E-state index < -0.39 is 5.41 Å². The van der Waals surface area contributed by atoms with Crippen LogP contribution in [0.5, 0.6) is 5.75 Å². The molecule has 0 aromatic carbocycles. The number of anilines is 1. The van der Waals surface area contributed by atoms with Crippen LogP contribution in [0.25, 0.3) is 5.69 Å². The maximum absolute atomic E-state index is 12.7. The highest BCUT2D eigenvalue weighted by Crippen LogP contribution is 2.38. The molecule has 2 fully saturated rings. The molecule has 2 aliphatic rings. The van der Waals surface area contributed by atoms with Gasteiger partial charge in [0.05, 0.1) is 28.0 Å². The van der Waals surface area contributed by atoms with E-state index >= 15 is 0 Å². The minimum absolute atomic E-state index is 0.195. The molecule has 3 aromatic rings. The molecule has 0 radical (unpaired) electrons. The Bertz CT molecular complexity index is 1290. The van der Waals surface area contributed by atoms with Crippen LogP contribution in [0.1, 0.15) is 25.0 Å². The average molecular weight is 480 g/mol. The van der Waals surface area contributed by atoms with E-state index in [2.05, 4.69) is 15.3 Å². The Hall–Kier alpha value is -3.72. The molecule has 0 saturated carbocycles. The first kappa shape index (κ1) is 22.1. The number of ether oxygens (including phenoxy) is 1. The number of amides is 2. The molecule has 2 saturated heterocycles. The summed E-state index contributed by atoms with van der Waals surface area (Å²) in [5, 5.41) is 2.98. The van der Waals surface area contributed by atoms with E-state index in [0.717, 1.165) is 13.0 Å². The number of pyridine rings is 3. The first-order valence-corrected chi connectivity index (χ1v) is 11.3. The Morgan fingerprint density at radius 2 is 1.97 bits per heavy atom. The van der Waals surface area contributed by atoms with Crippen molar-refractivity contribution in [2.45, 2.75) is 25.9 Å². The Morgan fingerprint density at radius 1 is 1.09 bits per heavy atom. The van der Waals surface area contributed by atoms with E-state index in [1.54, 1.807) is 36.8 Å². The molecular formula is C24H22ClN5O4. The van der Waals surface area contributed by atoms with Gasteiger partial charge in [-0.05, 0) is 43.2 Å². The number of hydrogen-bond donors (Lipinski definition) is 1. The molecular weight excluding hydrogens is 458 g/mol. The van der Waals surface area contributed by atoms with E-state index in [4.69, 9.17) is 16.3 Å². The average Bonchev–Trinajstić information content (AvgIpc) is 3.10. The zero-order valence-electron chi connectivity index (χ0n) is 18.2. The first-order valence-electron chi connectivity index (χ1n) is 10.9. The molecule has 0 bridgehead atoms. The van der Waals surface area contributed by atoms with Gasteiger partial charge in [-0.25, -0.2) is 4.98 Å². The van der Waals surface area contributed by atoms with Crippen molar-refractivity contribution >= 4 is 29.2 Å². The minimum atomic E-state index is -0.677. The van der Waals surface area contributed by atoms with E-state index in [9.17, 15) is 14.4 Å². The van der Waals surface area contributed by atoms with Crippen molar-refractivity contribution < 1.29 is 14.3 Å². The summed E-state index contributed by atoms with van der Waals surface area (Å²) < 4.78 is 7.14. The lowest BCUT2D eigenvalue weighted by Crippen LogP contribution is -2.47. The maximum atomic E-state index is 12.7. The Kier molecular flexibility index (Phi) is 5.79. The molecule has 0 aliphatic carbocycles. The van der Waals surface area contributed by atoms with Gasteiger partial charge in [-0.15, -0.1) is 0 Å². The van der Waals surface area contributed by atoms with E-state index in [-0.39, 0.29) is 30.4 Å². The summed E-state index contributed by atoms with van der Waals surface area (Å²) in [5.74, 6) is 0.731. The van der Waals surface area contributed by atoms with Crippen molar-refractivity contribution in [2.75, 3.05) is 18.0 Å². The SMILES string of the molecule is O=C1CC2(CCCN(c3ccc(-n4ccc(OCc5ccc(Cl)cn5)cc4=O)cn3)C2)C(=O)N1. The number of aromatic nitrogens is 3. The highest BCUT2D eigenvalue weighted by Gasteiger charge is 2.49. The van der Waals surface area contributed by atoms with Crippen molar-refractivity contribution in [3.8, 4) is 11.4 Å². The number of imide groups is 1. The van der Waals surface area contributed by atoms with Crippen LogP contribution in [0.2, 0.25) is 5.02 Å². The summed E-state index contributed by atoms with van der Waals surface area (Å²) in [6.07, 6.45) is 6.51. The third kappa shape index (κ3) is 4.38. The molecule has 3 aromatic heterocycles. The number of hydrogen-bond acceptors (Lipinski definition) is 7. The Balaban J connectivity index is 1.27. The summed E-state index contributed by atoms with van der Waals surface area (Å²) >= 11 is 5.84. The van der Waals surface area contributed by atoms with Crippen LogP contribution in [0.3, 0.4) is 0 Å². The van der Waals surface area contributed by atoms with Crippen molar-refractivity contribution in [2.24, 2.45) is 5.41 Å². The summed E-state index contributed by atoms with van der Waals surface area (Å²) in [4.78, 5) is 47.5. The molecule has 174 valence electrons. The zero-order chi connectivity index (χ0) is 23.7. The lowest BCUT2D eigenvalue weighted by atomic mass is 9.78. The van der Waals surface area contributed by atoms with Gasteiger partial charge in [-0.3, -0.25) is 29.3 Å². The monoisotopic (exact) mass is 479 g/mol. The van der Waals surface area contributed by atoms with Crippen molar-refractivity contribution in [3.63, 3.8) is 0 Å². The minimum Gasteiger partial charge on any atom is -0.487 e. The summed E-state index contributed by atoms with van der Waals surface area (Å²) in [6, 6.07) is 10.2. The number of nitrogens with zero attached hydrogens (tertiary/aromatic N) is 4. The molecule has 10 heteroatoms. The fraction of sp³-hybridized carbons (Fsp3) is 0.292. The lowest BCUT2D eigenvalue weighted by Gasteiger charge is -2.38. The van der Waals surface area contributed by atoms with Crippen LogP contribution in [0.4, 0.5) is 5.82 Å². The van der Waals surface area contributed by atoms with Gasteiger partial charge < -0.3 is 9.64 Å². The largest absolute Gasteiger partial charge is 0.487 e. The van der Waals surface area contributed by atoms with E-state index in [1.807, 2.05) is 17.0 Å². The molecule has 5 heterocycles. The van der Waals surface area contributed by atoms with Crippen LogP contribution >= 0.6 is 11.6 Å². The zero-order valence-corrected chi connectivity index (χ0v) is 19.0. The molecule has 1 N–H and O–H groups in total. The van der Waals surface area contributed by atoms with Crippen molar-refractivity contribution in [1.82, 2.24) is 19.9 Å². The van der Waals surface area contributed by atoms with Gasteiger partial charge in [0.2, 0.25) is 11.8 Å². The Labute approximate surface area is 200 Å². The second-order valence-electron chi connectivity index (χ2n) is 8.56. The number of carbonyl (C=O) groups is 2. The molecule has 1 unspecified atom stereocenters. The summed E-state index contributed by atoms with van der Waals surface area (Å²) in [6.45, 7) is 1.42. The molecule has 34 heavy (non-hydrogen) atoms. The first-order chi connectivity index (χ1) is 16.4. The fourth-order valence-corrected chi connectivity index (χ4v) is 4.58. The van der Waals surface area contributed by atoms with Crippen LogP contribution in [-0.2, 0) is 16.2 Å². The molecule has 1 spiro atoms. The number of piperidine rings is 1. The van der Waals surface area contributed by atoms with Gasteiger partial charge in [0.25, 0.3) is 5.56 Å². The third-order valence-corrected chi connectivity index (χ3v) is 6.43. The summed E-state index contributed by atoms with van der Waals surface area (Å²) in [7, 11) is 0. The fourth-order valence-electron chi connectivity index (χ4n) is 4.47. The molecule has 2 aliphatic heterocycles. The maximum Gasteiger partial charge on any atom is 0.258 e. The Morgan fingerprint density at radius 3 is 2.65 bits per heavy atom. The van der Waals surface area contributed by atoms with Gasteiger partial charge >= 0.3 is 0 Å². The predicted octanol–water partition coefficient (Wildman–Crippen LogP) is 2.49. The number of rotatable bonds is 5. The molecule has 5 rings (SSSR count). The summed E-state index contributed by atoms with van der Waals surface area (Å²) in [5.41, 5.74) is 0.380. The van der Waals surface area contributed by atoms with Gasteiger partial charge in [0, 0.05) is 38.0 Å². The van der Waals surface area contributed by atoms with Gasteiger partial charge in [-0.1, -0.05) is 11.6 Å². The second kappa shape index (κ2) is 8.90. The predicted molar refractivity (Wildman–Crippen MR) is 125 cm³/mol. The molecule has 2 amide bonds. The van der Waals surface area contributed by atoms with Crippen molar-refractivity contribution in [1.29, 1.82) is 0 Å². The smallest absolute Gasteiger partial charge is 0.258 e. The highest BCUT2D eigenvalue weighted by molar-refractivity contribution is 6.30. The van der Waals surface area contributed by atoms with Crippen LogP contribution in [0.15, 0.2) is 59.8 Å². The second-order valence-corrected chi connectivity index (χ2v) is 9.00. The quantitative estimate of drug-likeness (QED) is 0.560. The highest BCUT2D eigenvalue weighted by atomic mass is 35.5. The van der Waals surface area contributed by atoms with E-state index in [1.165, 1.54) is 10.6 Å². The third-order valence-electron chi connectivity index (χ3n) is 6.21. The van der Waals surface area contributed by atoms with Gasteiger partial charge in [0.15, 0.2) is 0 Å².